The number of nitrogens with zero attached hydrogens (tertiary/aromatic N) is 9. The molecule has 5 fully saturated rings. The first-order valence-corrected chi connectivity index (χ1v) is 17.3. The molecule has 0 N–H and O–H groups in total. The molecule has 0 aromatic rings. The lowest BCUT2D eigenvalue weighted by molar-refractivity contribution is -0.352. The zero-order valence-electron chi connectivity index (χ0n) is 26.1. The number of fused-ring (bicyclic) bond motifs is 1. The number of hydrogen-bond donors (Lipinski definition) is 0. The molecule has 2 spiro atoms. The predicted molar refractivity (Wildman–Crippen MR) is 156 cm³/mol. The molecule has 48 heavy (non-hydrogen) atoms. The molecular formula is C26H38F3N9O9S. The van der Waals surface area contributed by atoms with E-state index in [0.717, 1.165) is 38.5 Å². The summed E-state index contributed by atoms with van der Waals surface area (Å²) in [5.41, 5.74) is 22.3. The minimum Gasteiger partial charge on any atom is -0.347 e. The Kier molecular flexibility index (Phi) is 11.5. The van der Waals surface area contributed by atoms with Gasteiger partial charge in [0.05, 0.1) is 43.6 Å². The van der Waals surface area contributed by atoms with Crippen LogP contribution in [0.25, 0.3) is 31.3 Å². The molecule has 0 aromatic carbocycles. The van der Waals surface area contributed by atoms with Crippen molar-refractivity contribution in [3.8, 4) is 0 Å². The molecule has 5 aliphatic rings. The molecule has 2 heterocycles. The van der Waals surface area contributed by atoms with Gasteiger partial charge >= 0.3 is 15.6 Å². The van der Waals surface area contributed by atoms with Gasteiger partial charge in [-0.15, -0.1) is 0 Å². The topological polar surface area (TPSA) is 245 Å². The molecule has 22 heteroatoms. The average molecular weight is 710 g/mol. The van der Waals surface area contributed by atoms with Crippen molar-refractivity contribution in [2.45, 2.75) is 150 Å². The van der Waals surface area contributed by atoms with Crippen LogP contribution in [0.1, 0.15) is 77.6 Å². The number of hydrogen-bond acceptors (Lipinski definition) is 12. The SMILES string of the molecule is C[C@@H]1OC2(CCCCC2)OCC1O[C@H](O[C@@H]1C(N=[N+]=[N-])C[C@@H](N=[N+]=[N-])[C@H]2OC3(CCCCC3)OC12)[C@H](COS(=O)(=O)C(F)(F)F)N=[N+]=[N-]. The Labute approximate surface area is 273 Å². The molecule has 0 aromatic heterocycles. The van der Waals surface area contributed by atoms with Crippen molar-refractivity contribution >= 4 is 10.1 Å². The van der Waals surface area contributed by atoms with Gasteiger partial charge in [0.25, 0.3) is 0 Å². The van der Waals surface area contributed by atoms with Crippen molar-refractivity contribution in [3.63, 3.8) is 0 Å². The zero-order valence-corrected chi connectivity index (χ0v) is 26.9. The second-order valence-corrected chi connectivity index (χ2v) is 14.2. The highest BCUT2D eigenvalue weighted by Crippen LogP contribution is 2.47. The first kappa shape index (κ1) is 36.7. The second kappa shape index (κ2) is 15.1. The summed E-state index contributed by atoms with van der Waals surface area (Å²) >= 11 is 0. The first-order valence-electron chi connectivity index (χ1n) is 15.9. The van der Waals surface area contributed by atoms with Gasteiger partial charge in [-0.05, 0) is 55.6 Å². The third-order valence-corrected chi connectivity index (χ3v) is 10.5. The molecule has 2 saturated heterocycles. The number of ether oxygens (including phenoxy) is 6. The Morgan fingerprint density at radius 1 is 0.854 bits per heavy atom. The van der Waals surface area contributed by atoms with E-state index in [1.54, 1.807) is 6.92 Å². The molecule has 5 rings (SSSR count). The van der Waals surface area contributed by atoms with Gasteiger partial charge in [0.1, 0.15) is 18.2 Å². The van der Waals surface area contributed by atoms with Crippen molar-refractivity contribution in [1.29, 1.82) is 0 Å². The van der Waals surface area contributed by atoms with E-state index in [0.29, 0.717) is 25.7 Å². The maximum absolute atomic E-state index is 13.2. The van der Waals surface area contributed by atoms with Crippen molar-refractivity contribution < 1.29 is 54.2 Å². The van der Waals surface area contributed by atoms with Gasteiger partial charge in [-0.1, -0.05) is 28.2 Å². The minimum absolute atomic E-state index is 0.0378. The van der Waals surface area contributed by atoms with Crippen molar-refractivity contribution in [2.24, 2.45) is 15.3 Å². The van der Waals surface area contributed by atoms with Gasteiger partial charge in [-0.3, -0.25) is 4.18 Å². The maximum Gasteiger partial charge on any atom is 0.523 e. The Morgan fingerprint density at radius 3 is 2.04 bits per heavy atom. The summed E-state index contributed by atoms with van der Waals surface area (Å²) in [6, 6.07) is -3.75. The van der Waals surface area contributed by atoms with E-state index in [9.17, 15) is 38.2 Å². The standard InChI is InChI=1S/C26H38F3N9O9S/c1-15-19(14-41-24(45-15)8-4-2-5-9-24)43-23(18(35-38-32)13-42-48(39,40)26(27,28)29)44-20-16(33-36-30)12-17(34-37-31)21-22(20)47-25(46-21)10-6-3-7-11-25/h15-23H,2-14H2,1H3/t15-,16?,17+,18-,19?,20+,21+,22?,23+/m0/s1. The van der Waals surface area contributed by atoms with Crippen LogP contribution in [0.2, 0.25) is 0 Å². The molecule has 3 aliphatic carbocycles. The fourth-order valence-corrected chi connectivity index (χ4v) is 7.57. The van der Waals surface area contributed by atoms with E-state index in [1.165, 1.54) is 0 Å². The summed E-state index contributed by atoms with van der Waals surface area (Å²) in [7, 11) is -6.11. The van der Waals surface area contributed by atoms with Crippen LogP contribution < -0.4 is 0 Å². The normalized spacial score (nSPS) is 34.2. The van der Waals surface area contributed by atoms with Crippen LogP contribution in [-0.2, 0) is 42.7 Å². The van der Waals surface area contributed by atoms with E-state index in [2.05, 4.69) is 34.3 Å². The molecule has 268 valence electrons. The van der Waals surface area contributed by atoms with Crippen LogP contribution in [0.15, 0.2) is 15.3 Å². The van der Waals surface area contributed by atoms with Gasteiger partial charge in [-0.25, -0.2) is 0 Å². The maximum atomic E-state index is 13.2. The van der Waals surface area contributed by atoms with Crippen LogP contribution in [0.4, 0.5) is 13.2 Å². The second-order valence-electron chi connectivity index (χ2n) is 12.6. The zero-order chi connectivity index (χ0) is 34.6. The van der Waals surface area contributed by atoms with Gasteiger partial charge in [0.2, 0.25) is 0 Å². The number of halogens is 3. The molecular weight excluding hydrogens is 671 g/mol. The largest absolute Gasteiger partial charge is 0.523 e. The van der Waals surface area contributed by atoms with E-state index in [4.69, 9.17) is 28.4 Å². The van der Waals surface area contributed by atoms with Crippen LogP contribution in [0, 0.1) is 0 Å². The molecule has 0 radical (unpaired) electrons. The van der Waals surface area contributed by atoms with Crippen LogP contribution in [-0.4, -0.2) is 93.6 Å². The van der Waals surface area contributed by atoms with Crippen LogP contribution in [0.5, 0.6) is 0 Å². The van der Waals surface area contributed by atoms with Gasteiger partial charge in [-0.2, -0.15) is 21.6 Å². The van der Waals surface area contributed by atoms with Gasteiger partial charge in [0, 0.05) is 40.4 Å². The smallest absolute Gasteiger partial charge is 0.347 e. The third-order valence-electron chi connectivity index (χ3n) is 9.45. The van der Waals surface area contributed by atoms with Crippen LogP contribution in [0.3, 0.4) is 0 Å². The fourth-order valence-electron chi connectivity index (χ4n) is 7.12. The predicted octanol–water partition coefficient (Wildman–Crippen LogP) is 5.93. The van der Waals surface area contributed by atoms with E-state index >= 15 is 0 Å². The Balaban J connectivity index is 1.46. The van der Waals surface area contributed by atoms with Crippen molar-refractivity contribution in [1.82, 2.24) is 0 Å². The summed E-state index contributed by atoms with van der Waals surface area (Å²) in [6.07, 6.45) is 1.05. The number of rotatable bonds is 11. The summed E-state index contributed by atoms with van der Waals surface area (Å²) in [6.45, 7) is 0.349. The molecule has 2 aliphatic heterocycles. The van der Waals surface area contributed by atoms with Crippen molar-refractivity contribution in [3.05, 3.63) is 31.3 Å². The summed E-state index contributed by atoms with van der Waals surface area (Å²) < 4.78 is 105. The Bertz CT molecular complexity index is 1400. The average Bonchev–Trinajstić information content (AvgIpc) is 3.40. The monoisotopic (exact) mass is 709 g/mol. The van der Waals surface area contributed by atoms with E-state index in [1.807, 2.05) is 0 Å². The summed E-state index contributed by atoms with van der Waals surface area (Å²) in [5, 5.41) is 11.2. The van der Waals surface area contributed by atoms with Crippen LogP contribution >= 0.6 is 0 Å². The van der Waals surface area contributed by atoms with Gasteiger partial charge < -0.3 is 28.4 Å². The Hall–Kier alpha value is -2.61. The first-order chi connectivity index (χ1) is 22.8. The fraction of sp³-hybridized carbons (Fsp3) is 1.00. The molecule has 3 unspecified atom stereocenters. The number of azide groups is 3. The van der Waals surface area contributed by atoms with E-state index in [-0.39, 0.29) is 13.0 Å². The van der Waals surface area contributed by atoms with Gasteiger partial charge in [0.15, 0.2) is 17.9 Å². The third kappa shape index (κ3) is 8.05. The lowest BCUT2D eigenvalue weighted by atomic mass is 9.84. The summed E-state index contributed by atoms with van der Waals surface area (Å²) in [4.78, 5) is 8.49. The lowest BCUT2D eigenvalue weighted by Crippen LogP contribution is -2.58. The molecule has 0 bridgehead atoms. The summed E-state index contributed by atoms with van der Waals surface area (Å²) in [5.74, 6) is -1.88. The molecule has 0 amide bonds. The highest BCUT2D eigenvalue weighted by atomic mass is 32.2. The quantitative estimate of drug-likeness (QED) is 0.0615. The molecule has 18 nitrogen and oxygen atoms in total. The molecule has 3 saturated carbocycles. The van der Waals surface area contributed by atoms with Crippen molar-refractivity contribution in [2.75, 3.05) is 13.2 Å². The minimum atomic E-state index is -6.11. The highest BCUT2D eigenvalue weighted by molar-refractivity contribution is 7.87. The number of alkyl halides is 3. The highest BCUT2D eigenvalue weighted by Gasteiger charge is 2.58. The van der Waals surface area contributed by atoms with E-state index < -0.39 is 88.7 Å². The lowest BCUT2D eigenvalue weighted by Gasteiger charge is -2.47. The molecule has 9 atom stereocenters. The Morgan fingerprint density at radius 2 is 1.46 bits per heavy atom.